The number of nitrogens with one attached hydrogen (secondary N) is 2. The first-order chi connectivity index (χ1) is 6.36. The first-order valence-electron chi connectivity index (χ1n) is 5.27. The van der Waals surface area contributed by atoms with Gasteiger partial charge in [0.05, 0.1) is 0 Å². The van der Waals surface area contributed by atoms with Crippen LogP contribution in [0.3, 0.4) is 0 Å². The normalized spacial score (nSPS) is 28.4. The molecule has 1 aliphatic carbocycles. The number of hydrogen-bond donors (Lipinski definition) is 2. The predicted octanol–water partition coefficient (Wildman–Crippen LogP) is 0.901. The minimum Gasteiger partial charge on any atom is -0.356 e. The Kier molecular flexibility index (Phi) is 4.83. The van der Waals surface area contributed by atoms with Crippen molar-refractivity contribution in [2.75, 3.05) is 13.1 Å². The summed E-state index contributed by atoms with van der Waals surface area (Å²) in [6, 6.07) is 0.440. The minimum atomic E-state index is 0.440. The van der Waals surface area contributed by atoms with Gasteiger partial charge in [0.15, 0.2) is 0 Å². The van der Waals surface area contributed by atoms with Crippen LogP contribution in [-0.2, 0) is 4.79 Å². The number of amides is 1. The van der Waals surface area contributed by atoms with Crippen molar-refractivity contribution in [3.05, 3.63) is 0 Å². The first kappa shape index (κ1) is 10.5. The van der Waals surface area contributed by atoms with Crippen molar-refractivity contribution in [1.29, 1.82) is 0 Å². The Labute approximate surface area is 80.3 Å². The van der Waals surface area contributed by atoms with E-state index >= 15 is 0 Å². The fourth-order valence-corrected chi connectivity index (χ4v) is 1.98. The molecule has 3 heteroatoms. The number of carbonyl (C=O) groups is 1. The summed E-state index contributed by atoms with van der Waals surface area (Å²) < 4.78 is 0. The summed E-state index contributed by atoms with van der Waals surface area (Å²) in [6.07, 6.45) is 5.62. The smallest absolute Gasteiger partial charge is 0.207 e. The van der Waals surface area contributed by atoms with E-state index in [0.29, 0.717) is 6.04 Å². The van der Waals surface area contributed by atoms with E-state index < -0.39 is 0 Å². The van der Waals surface area contributed by atoms with E-state index in [2.05, 4.69) is 17.6 Å². The second-order valence-electron chi connectivity index (χ2n) is 3.81. The molecule has 0 aromatic rings. The first-order valence-corrected chi connectivity index (χ1v) is 5.27. The van der Waals surface area contributed by atoms with Crippen LogP contribution in [0, 0.1) is 5.92 Å². The van der Waals surface area contributed by atoms with E-state index in [4.69, 9.17) is 0 Å². The molecule has 0 bridgehead atoms. The molecule has 0 aromatic carbocycles. The largest absolute Gasteiger partial charge is 0.356 e. The van der Waals surface area contributed by atoms with Crippen molar-refractivity contribution in [2.45, 2.75) is 38.6 Å². The standard InChI is InChI=1S/C10H20N2O/c1-2-11-7-9-3-5-10(6-4-9)12-8-13/h8-11H,2-7H2,1H3,(H,12,13)/t9-,10-. The SMILES string of the molecule is CCNC[C@H]1CC[C@H](NC=O)CC1. The molecule has 1 fully saturated rings. The topological polar surface area (TPSA) is 41.1 Å². The van der Waals surface area contributed by atoms with Crippen LogP contribution in [0.2, 0.25) is 0 Å². The Bertz CT molecular complexity index is 142. The molecule has 0 atom stereocenters. The molecular formula is C10H20N2O. The lowest BCUT2D eigenvalue weighted by Crippen LogP contribution is -2.34. The van der Waals surface area contributed by atoms with E-state index in [9.17, 15) is 4.79 Å². The van der Waals surface area contributed by atoms with Gasteiger partial charge in [-0.1, -0.05) is 6.92 Å². The fourth-order valence-electron chi connectivity index (χ4n) is 1.98. The third-order valence-electron chi connectivity index (χ3n) is 2.83. The molecule has 0 aromatic heterocycles. The third kappa shape index (κ3) is 3.77. The van der Waals surface area contributed by atoms with Crippen molar-refractivity contribution >= 4 is 6.41 Å². The Morgan fingerprint density at radius 1 is 1.31 bits per heavy atom. The molecule has 0 aliphatic heterocycles. The van der Waals surface area contributed by atoms with Gasteiger partial charge in [-0.2, -0.15) is 0 Å². The van der Waals surface area contributed by atoms with Crippen LogP contribution >= 0.6 is 0 Å². The maximum Gasteiger partial charge on any atom is 0.207 e. The van der Waals surface area contributed by atoms with Gasteiger partial charge in [0.25, 0.3) is 0 Å². The van der Waals surface area contributed by atoms with E-state index in [1.165, 1.54) is 12.8 Å². The number of rotatable bonds is 5. The van der Waals surface area contributed by atoms with Crippen molar-refractivity contribution in [3.63, 3.8) is 0 Å². The molecule has 1 rings (SSSR count). The van der Waals surface area contributed by atoms with Crippen LogP contribution in [0.25, 0.3) is 0 Å². The quantitative estimate of drug-likeness (QED) is 0.623. The molecular weight excluding hydrogens is 164 g/mol. The van der Waals surface area contributed by atoms with Gasteiger partial charge in [-0.3, -0.25) is 4.79 Å². The zero-order valence-corrected chi connectivity index (χ0v) is 8.38. The van der Waals surface area contributed by atoms with Crippen LogP contribution in [-0.4, -0.2) is 25.5 Å². The van der Waals surface area contributed by atoms with Gasteiger partial charge in [0.2, 0.25) is 6.41 Å². The maximum absolute atomic E-state index is 10.2. The van der Waals surface area contributed by atoms with Crippen LogP contribution in [0.15, 0.2) is 0 Å². The van der Waals surface area contributed by atoms with E-state index in [1.54, 1.807) is 0 Å². The van der Waals surface area contributed by atoms with Gasteiger partial charge in [0.1, 0.15) is 0 Å². The summed E-state index contributed by atoms with van der Waals surface area (Å²) in [5.74, 6) is 0.824. The van der Waals surface area contributed by atoms with E-state index in [0.717, 1.165) is 38.3 Å². The Balaban J connectivity index is 2.11. The minimum absolute atomic E-state index is 0.440. The molecule has 13 heavy (non-hydrogen) atoms. The van der Waals surface area contributed by atoms with E-state index in [-0.39, 0.29) is 0 Å². The van der Waals surface area contributed by atoms with Crippen molar-refractivity contribution in [1.82, 2.24) is 10.6 Å². The van der Waals surface area contributed by atoms with Crippen molar-refractivity contribution < 1.29 is 4.79 Å². The highest BCUT2D eigenvalue weighted by Gasteiger charge is 2.19. The molecule has 0 radical (unpaired) electrons. The number of hydrogen-bond acceptors (Lipinski definition) is 2. The molecule has 3 nitrogen and oxygen atoms in total. The van der Waals surface area contributed by atoms with Gasteiger partial charge >= 0.3 is 0 Å². The van der Waals surface area contributed by atoms with Gasteiger partial charge < -0.3 is 10.6 Å². The maximum atomic E-state index is 10.2. The molecule has 0 heterocycles. The molecule has 2 N–H and O–H groups in total. The van der Waals surface area contributed by atoms with Crippen LogP contribution in [0.5, 0.6) is 0 Å². The summed E-state index contributed by atoms with van der Waals surface area (Å²) in [5.41, 5.74) is 0. The Morgan fingerprint density at radius 2 is 2.00 bits per heavy atom. The Morgan fingerprint density at radius 3 is 2.54 bits per heavy atom. The number of carbonyl (C=O) groups excluding carboxylic acids is 1. The predicted molar refractivity (Wildman–Crippen MR) is 53.5 cm³/mol. The fraction of sp³-hybridized carbons (Fsp3) is 0.900. The van der Waals surface area contributed by atoms with Gasteiger partial charge in [-0.15, -0.1) is 0 Å². The average molecular weight is 184 g/mol. The summed E-state index contributed by atoms with van der Waals surface area (Å²) in [7, 11) is 0. The molecule has 1 aliphatic rings. The lowest BCUT2D eigenvalue weighted by Gasteiger charge is -2.28. The Hall–Kier alpha value is -0.570. The molecule has 1 amide bonds. The van der Waals surface area contributed by atoms with Crippen molar-refractivity contribution in [2.24, 2.45) is 5.92 Å². The molecule has 76 valence electrons. The lowest BCUT2D eigenvalue weighted by atomic mass is 9.86. The second-order valence-corrected chi connectivity index (χ2v) is 3.81. The third-order valence-corrected chi connectivity index (χ3v) is 2.83. The monoisotopic (exact) mass is 184 g/mol. The lowest BCUT2D eigenvalue weighted by molar-refractivity contribution is -0.110. The second kappa shape index (κ2) is 5.97. The average Bonchev–Trinajstić information content (AvgIpc) is 2.17. The summed E-state index contributed by atoms with van der Waals surface area (Å²) in [6.45, 7) is 4.34. The highest BCUT2D eigenvalue weighted by Crippen LogP contribution is 2.23. The highest BCUT2D eigenvalue weighted by atomic mass is 16.1. The molecule has 1 saturated carbocycles. The molecule has 0 spiro atoms. The summed E-state index contributed by atoms with van der Waals surface area (Å²) in [4.78, 5) is 10.2. The van der Waals surface area contributed by atoms with E-state index in [1.807, 2.05) is 0 Å². The van der Waals surface area contributed by atoms with Gasteiger partial charge in [-0.25, -0.2) is 0 Å². The van der Waals surface area contributed by atoms with Crippen molar-refractivity contribution in [3.8, 4) is 0 Å². The zero-order valence-electron chi connectivity index (χ0n) is 8.38. The molecule has 0 saturated heterocycles. The zero-order chi connectivity index (χ0) is 9.52. The van der Waals surface area contributed by atoms with Crippen LogP contribution < -0.4 is 10.6 Å². The van der Waals surface area contributed by atoms with Crippen LogP contribution in [0.1, 0.15) is 32.6 Å². The molecule has 0 unspecified atom stereocenters. The summed E-state index contributed by atoms with van der Waals surface area (Å²) in [5, 5.41) is 6.23. The highest BCUT2D eigenvalue weighted by molar-refractivity contribution is 5.46. The summed E-state index contributed by atoms with van der Waals surface area (Å²) >= 11 is 0. The van der Waals surface area contributed by atoms with Crippen LogP contribution in [0.4, 0.5) is 0 Å². The van der Waals surface area contributed by atoms with Gasteiger partial charge in [-0.05, 0) is 44.7 Å². The van der Waals surface area contributed by atoms with Gasteiger partial charge in [0, 0.05) is 6.04 Å².